The molecule has 1 aromatic carbocycles. The molecule has 0 radical (unpaired) electrons. The van der Waals surface area contributed by atoms with Crippen LogP contribution in [0.2, 0.25) is 0 Å². The fourth-order valence-corrected chi connectivity index (χ4v) is 1.81. The number of aryl methyl sites for hydroxylation is 1. The number of benzene rings is 1. The molecule has 20 heavy (non-hydrogen) atoms. The maximum atomic E-state index is 11.5. The minimum Gasteiger partial charge on any atom is -0.484 e. The molecule has 0 aliphatic heterocycles. The maximum Gasteiger partial charge on any atom is 0.277 e. The third kappa shape index (κ3) is 4.55. The highest BCUT2D eigenvalue weighted by Crippen LogP contribution is 2.17. The van der Waals surface area contributed by atoms with Gasteiger partial charge in [-0.05, 0) is 37.3 Å². The van der Waals surface area contributed by atoms with Crippen molar-refractivity contribution in [1.29, 1.82) is 0 Å². The molecule has 0 aliphatic carbocycles. The first-order valence-electron chi connectivity index (χ1n) is 5.90. The van der Waals surface area contributed by atoms with Crippen molar-refractivity contribution in [2.75, 3.05) is 6.61 Å². The summed E-state index contributed by atoms with van der Waals surface area (Å²) in [5.41, 5.74) is 2.36. The van der Waals surface area contributed by atoms with Crippen LogP contribution >= 0.6 is 15.9 Å². The first-order valence-corrected chi connectivity index (χ1v) is 6.69. The van der Waals surface area contributed by atoms with E-state index in [0.717, 1.165) is 10.2 Å². The van der Waals surface area contributed by atoms with Crippen LogP contribution in [-0.2, 0) is 4.79 Å². The van der Waals surface area contributed by atoms with Crippen molar-refractivity contribution in [2.24, 2.45) is 5.10 Å². The number of halogens is 1. The van der Waals surface area contributed by atoms with Crippen molar-refractivity contribution in [3.63, 3.8) is 0 Å². The highest BCUT2D eigenvalue weighted by atomic mass is 79.9. The highest BCUT2D eigenvalue weighted by Gasteiger charge is 2.02. The van der Waals surface area contributed by atoms with Crippen LogP contribution in [0.5, 0.6) is 5.75 Å². The molecule has 1 N–H and O–H groups in total. The van der Waals surface area contributed by atoms with Gasteiger partial charge in [0.05, 0.1) is 6.21 Å². The van der Waals surface area contributed by atoms with Gasteiger partial charge in [-0.1, -0.05) is 22.0 Å². The molecule has 104 valence electrons. The number of hydrazone groups is 1. The number of nitrogens with one attached hydrogen (secondary N) is 1. The van der Waals surface area contributed by atoms with Gasteiger partial charge in [0, 0.05) is 4.47 Å². The molecular formula is C14H13BrN2O3. The lowest BCUT2D eigenvalue weighted by molar-refractivity contribution is -0.123. The lowest BCUT2D eigenvalue weighted by Crippen LogP contribution is -2.24. The summed E-state index contributed by atoms with van der Waals surface area (Å²) in [5.74, 6) is 1.64. The van der Waals surface area contributed by atoms with Crippen molar-refractivity contribution in [3.8, 4) is 5.75 Å². The van der Waals surface area contributed by atoms with Crippen LogP contribution in [0.1, 0.15) is 11.5 Å². The number of carbonyl (C=O) groups is 1. The van der Waals surface area contributed by atoms with Crippen LogP contribution in [0.4, 0.5) is 0 Å². The van der Waals surface area contributed by atoms with Gasteiger partial charge in [-0.2, -0.15) is 5.10 Å². The van der Waals surface area contributed by atoms with E-state index in [1.165, 1.54) is 6.21 Å². The third-order valence-corrected chi connectivity index (χ3v) is 2.80. The number of hydrogen-bond acceptors (Lipinski definition) is 4. The van der Waals surface area contributed by atoms with E-state index < -0.39 is 0 Å². The summed E-state index contributed by atoms with van der Waals surface area (Å²) in [6.45, 7) is 1.73. The quantitative estimate of drug-likeness (QED) is 0.674. The van der Waals surface area contributed by atoms with E-state index in [9.17, 15) is 4.79 Å². The molecule has 0 fully saturated rings. The van der Waals surface area contributed by atoms with Gasteiger partial charge in [-0.25, -0.2) is 5.43 Å². The Morgan fingerprint density at radius 2 is 2.30 bits per heavy atom. The zero-order chi connectivity index (χ0) is 14.4. The Hall–Kier alpha value is -2.08. The van der Waals surface area contributed by atoms with Gasteiger partial charge in [0.1, 0.15) is 17.3 Å². The molecule has 2 aromatic rings. The molecule has 1 heterocycles. The summed E-state index contributed by atoms with van der Waals surface area (Å²) in [6, 6.07) is 10.8. The monoisotopic (exact) mass is 336 g/mol. The molecule has 2 rings (SSSR count). The molecule has 1 amide bonds. The predicted molar refractivity (Wildman–Crippen MR) is 78.8 cm³/mol. The Labute approximate surface area is 124 Å². The zero-order valence-corrected chi connectivity index (χ0v) is 12.4. The van der Waals surface area contributed by atoms with E-state index in [1.807, 2.05) is 25.1 Å². The molecule has 0 bridgehead atoms. The maximum absolute atomic E-state index is 11.5. The molecule has 0 aliphatic rings. The second kappa shape index (κ2) is 6.91. The van der Waals surface area contributed by atoms with Crippen molar-refractivity contribution in [1.82, 2.24) is 5.43 Å². The summed E-state index contributed by atoms with van der Waals surface area (Å²) < 4.78 is 11.5. The fraction of sp³-hybridized carbons (Fsp3) is 0.143. The second-order valence-corrected chi connectivity index (χ2v) is 4.90. The third-order valence-electron chi connectivity index (χ3n) is 2.31. The predicted octanol–water partition coefficient (Wildman–Crippen LogP) is 2.88. The second-order valence-electron chi connectivity index (χ2n) is 3.99. The average molecular weight is 337 g/mol. The largest absolute Gasteiger partial charge is 0.484 e. The molecular weight excluding hydrogens is 324 g/mol. The number of amides is 1. The van der Waals surface area contributed by atoms with Crippen LogP contribution in [-0.4, -0.2) is 18.7 Å². The van der Waals surface area contributed by atoms with Crippen LogP contribution in [0.25, 0.3) is 0 Å². The first kappa shape index (κ1) is 14.3. The molecule has 0 atom stereocenters. The number of carbonyl (C=O) groups excluding carboxylic acids is 1. The summed E-state index contributed by atoms with van der Waals surface area (Å²) >= 11 is 3.32. The van der Waals surface area contributed by atoms with Crippen LogP contribution in [0.3, 0.4) is 0 Å². The Kier molecular flexibility index (Phi) is 4.95. The first-order chi connectivity index (χ1) is 9.63. The number of furan rings is 1. The SMILES string of the molecule is Cc1ccc(C=NNC(=O)COc2cccc(Br)c2)o1. The molecule has 5 nitrogen and oxygen atoms in total. The molecule has 0 unspecified atom stereocenters. The van der Waals surface area contributed by atoms with E-state index >= 15 is 0 Å². The van der Waals surface area contributed by atoms with Crippen molar-refractivity contribution >= 4 is 28.1 Å². The van der Waals surface area contributed by atoms with Crippen molar-refractivity contribution in [3.05, 3.63) is 52.4 Å². The fourth-order valence-electron chi connectivity index (χ4n) is 1.43. The normalized spacial score (nSPS) is 10.7. The number of nitrogens with zero attached hydrogens (tertiary/aromatic N) is 1. The Morgan fingerprint density at radius 3 is 3.00 bits per heavy atom. The number of ether oxygens (including phenoxy) is 1. The molecule has 0 spiro atoms. The van der Waals surface area contributed by atoms with Crippen LogP contribution < -0.4 is 10.2 Å². The highest BCUT2D eigenvalue weighted by molar-refractivity contribution is 9.10. The molecule has 0 saturated carbocycles. The Bertz CT molecular complexity index is 622. The van der Waals surface area contributed by atoms with Crippen molar-refractivity contribution in [2.45, 2.75) is 6.92 Å². The van der Waals surface area contributed by atoms with E-state index in [2.05, 4.69) is 26.5 Å². The molecule has 6 heteroatoms. The lowest BCUT2D eigenvalue weighted by atomic mass is 10.3. The van der Waals surface area contributed by atoms with E-state index in [0.29, 0.717) is 11.5 Å². The number of hydrogen-bond donors (Lipinski definition) is 1. The van der Waals surface area contributed by atoms with Crippen LogP contribution in [0, 0.1) is 6.92 Å². The zero-order valence-electron chi connectivity index (χ0n) is 10.8. The van der Waals surface area contributed by atoms with E-state index in [1.54, 1.807) is 18.2 Å². The molecule has 0 saturated heterocycles. The smallest absolute Gasteiger partial charge is 0.277 e. The van der Waals surface area contributed by atoms with Gasteiger partial charge in [0.15, 0.2) is 6.61 Å². The van der Waals surface area contributed by atoms with Gasteiger partial charge < -0.3 is 9.15 Å². The summed E-state index contributed by atoms with van der Waals surface area (Å²) in [7, 11) is 0. The Balaban J connectivity index is 1.77. The lowest BCUT2D eigenvalue weighted by Gasteiger charge is -2.04. The number of rotatable bonds is 5. The van der Waals surface area contributed by atoms with Gasteiger partial charge in [0.25, 0.3) is 5.91 Å². The summed E-state index contributed by atoms with van der Waals surface area (Å²) in [6.07, 6.45) is 1.43. The minimum absolute atomic E-state index is 0.106. The van der Waals surface area contributed by atoms with Gasteiger partial charge in [0.2, 0.25) is 0 Å². The molecule has 1 aromatic heterocycles. The summed E-state index contributed by atoms with van der Waals surface area (Å²) in [5, 5.41) is 3.78. The standard InChI is InChI=1S/C14H13BrN2O3/c1-10-5-6-13(20-10)8-16-17-14(18)9-19-12-4-2-3-11(15)7-12/h2-8H,9H2,1H3,(H,17,18). The van der Waals surface area contributed by atoms with Gasteiger partial charge in [-0.15, -0.1) is 0 Å². The average Bonchev–Trinajstić information content (AvgIpc) is 2.82. The van der Waals surface area contributed by atoms with Gasteiger partial charge >= 0.3 is 0 Å². The Morgan fingerprint density at radius 1 is 1.45 bits per heavy atom. The van der Waals surface area contributed by atoms with Crippen LogP contribution in [0.15, 0.2) is 50.4 Å². The minimum atomic E-state index is -0.343. The van der Waals surface area contributed by atoms with Gasteiger partial charge in [-0.3, -0.25) is 4.79 Å². The van der Waals surface area contributed by atoms with Crippen molar-refractivity contribution < 1.29 is 13.9 Å². The summed E-state index contributed by atoms with van der Waals surface area (Å²) in [4.78, 5) is 11.5. The van der Waals surface area contributed by atoms with E-state index in [4.69, 9.17) is 9.15 Å². The van der Waals surface area contributed by atoms with E-state index in [-0.39, 0.29) is 12.5 Å². The topological polar surface area (TPSA) is 63.8 Å².